The van der Waals surface area contributed by atoms with E-state index >= 15 is 0 Å². The third-order valence-electron chi connectivity index (χ3n) is 5.57. The van der Waals surface area contributed by atoms with Crippen LogP contribution in [0.3, 0.4) is 0 Å². The van der Waals surface area contributed by atoms with Gasteiger partial charge in [0.05, 0.1) is 17.3 Å². The maximum Gasteiger partial charge on any atom is 0.270 e. The summed E-state index contributed by atoms with van der Waals surface area (Å²) in [6.07, 6.45) is 5.28. The summed E-state index contributed by atoms with van der Waals surface area (Å²) in [4.78, 5) is 33.1. The molecule has 0 radical (unpaired) electrons. The number of hydrogen-bond acceptors (Lipinski definition) is 4. The van der Waals surface area contributed by atoms with Crippen molar-refractivity contribution < 1.29 is 14.0 Å². The van der Waals surface area contributed by atoms with Gasteiger partial charge in [0, 0.05) is 28.9 Å². The molecule has 3 heterocycles. The number of amides is 2. The number of pyridine rings is 1. The molecule has 0 bridgehead atoms. The lowest BCUT2D eigenvalue weighted by Crippen LogP contribution is -2.41. The lowest BCUT2D eigenvalue weighted by atomic mass is 10.1. The SMILES string of the molecule is O=C(CCCc1c[nH]c2ccccc12)NNC(=O)c1cc(-c2ccco2)nc2ccccc12. The van der Waals surface area contributed by atoms with Gasteiger partial charge in [-0.2, -0.15) is 0 Å². The Bertz CT molecular complexity index is 1440. The summed E-state index contributed by atoms with van der Waals surface area (Å²) in [6, 6.07) is 20.7. The van der Waals surface area contributed by atoms with E-state index in [0.29, 0.717) is 40.8 Å². The number of nitrogens with one attached hydrogen (secondary N) is 3. The number of hydrogen-bond donors (Lipinski definition) is 3. The van der Waals surface area contributed by atoms with Crippen LogP contribution >= 0.6 is 0 Å². The highest BCUT2D eigenvalue weighted by atomic mass is 16.3. The van der Waals surface area contributed by atoms with Gasteiger partial charge in [0.2, 0.25) is 5.91 Å². The summed E-state index contributed by atoms with van der Waals surface area (Å²) in [5.74, 6) is -0.0877. The molecule has 2 aromatic carbocycles. The molecule has 0 spiro atoms. The van der Waals surface area contributed by atoms with Crippen LogP contribution in [0.1, 0.15) is 28.8 Å². The average Bonchev–Trinajstić information content (AvgIpc) is 3.53. The number of benzene rings is 2. The van der Waals surface area contributed by atoms with Crippen LogP contribution in [0.15, 0.2) is 83.6 Å². The number of carbonyl (C=O) groups is 2. The van der Waals surface area contributed by atoms with Crippen LogP contribution in [0, 0.1) is 0 Å². The number of aromatic nitrogens is 2. The molecule has 0 saturated heterocycles. The zero-order chi connectivity index (χ0) is 22.6. The number of H-pyrrole nitrogens is 1. The van der Waals surface area contributed by atoms with Gasteiger partial charge in [-0.1, -0.05) is 36.4 Å². The Morgan fingerprint density at radius 1 is 0.939 bits per heavy atom. The molecule has 5 aromatic rings. The van der Waals surface area contributed by atoms with Gasteiger partial charge in [-0.3, -0.25) is 20.4 Å². The largest absolute Gasteiger partial charge is 0.463 e. The van der Waals surface area contributed by atoms with Gasteiger partial charge in [-0.15, -0.1) is 0 Å². The fourth-order valence-electron chi connectivity index (χ4n) is 3.95. The molecule has 7 heteroatoms. The molecule has 3 N–H and O–H groups in total. The molecule has 164 valence electrons. The highest BCUT2D eigenvalue weighted by Crippen LogP contribution is 2.25. The van der Waals surface area contributed by atoms with Gasteiger partial charge in [-0.05, 0) is 48.7 Å². The van der Waals surface area contributed by atoms with Crippen LogP contribution in [0.2, 0.25) is 0 Å². The molecule has 0 fully saturated rings. The van der Waals surface area contributed by atoms with Crippen molar-refractivity contribution in [3.05, 3.63) is 90.3 Å². The quantitative estimate of drug-likeness (QED) is 0.333. The number of rotatable bonds is 6. The number of carbonyl (C=O) groups excluding carboxylic acids is 2. The topological polar surface area (TPSA) is 100 Å². The second-order valence-corrected chi connectivity index (χ2v) is 7.76. The molecule has 0 saturated carbocycles. The van der Waals surface area contributed by atoms with Crippen LogP contribution < -0.4 is 10.9 Å². The molecule has 0 aliphatic rings. The van der Waals surface area contributed by atoms with Gasteiger partial charge in [0.25, 0.3) is 5.91 Å². The van der Waals surface area contributed by atoms with E-state index in [9.17, 15) is 9.59 Å². The average molecular weight is 438 g/mol. The van der Waals surface area contributed by atoms with E-state index < -0.39 is 5.91 Å². The molecule has 0 aliphatic carbocycles. The van der Waals surface area contributed by atoms with Crippen molar-refractivity contribution >= 4 is 33.6 Å². The van der Waals surface area contributed by atoms with Crippen molar-refractivity contribution in [1.29, 1.82) is 0 Å². The fraction of sp³-hybridized carbons (Fsp3) is 0.115. The predicted molar refractivity (Wildman–Crippen MR) is 126 cm³/mol. The highest BCUT2D eigenvalue weighted by Gasteiger charge is 2.15. The second-order valence-electron chi connectivity index (χ2n) is 7.76. The third-order valence-corrected chi connectivity index (χ3v) is 5.57. The highest BCUT2D eigenvalue weighted by molar-refractivity contribution is 6.07. The van der Waals surface area contributed by atoms with Crippen LogP contribution in [0.5, 0.6) is 0 Å². The Balaban J connectivity index is 1.23. The van der Waals surface area contributed by atoms with Crippen molar-refractivity contribution in [2.75, 3.05) is 0 Å². The molecule has 0 atom stereocenters. The number of hydrazine groups is 1. The van der Waals surface area contributed by atoms with Crippen LogP contribution in [-0.2, 0) is 11.2 Å². The normalized spacial score (nSPS) is 11.0. The predicted octanol–water partition coefficient (Wildman–Crippen LogP) is 4.76. The molecule has 2 amide bonds. The lowest BCUT2D eigenvalue weighted by Gasteiger charge is -2.10. The summed E-state index contributed by atoms with van der Waals surface area (Å²) in [5, 5.41) is 1.86. The lowest BCUT2D eigenvalue weighted by molar-refractivity contribution is -0.121. The first-order chi connectivity index (χ1) is 16.2. The zero-order valence-corrected chi connectivity index (χ0v) is 17.8. The summed E-state index contributed by atoms with van der Waals surface area (Å²) >= 11 is 0. The number of furan rings is 1. The molecule has 7 nitrogen and oxygen atoms in total. The zero-order valence-electron chi connectivity index (χ0n) is 17.8. The van der Waals surface area contributed by atoms with Gasteiger partial charge < -0.3 is 9.40 Å². The number of para-hydroxylation sites is 2. The first kappa shape index (κ1) is 20.5. The Kier molecular flexibility index (Phi) is 5.59. The van der Waals surface area contributed by atoms with Crippen LogP contribution in [0.25, 0.3) is 33.3 Å². The van der Waals surface area contributed by atoms with Crippen LogP contribution in [0.4, 0.5) is 0 Å². The minimum absolute atomic E-state index is 0.243. The van der Waals surface area contributed by atoms with E-state index in [1.165, 1.54) is 10.9 Å². The summed E-state index contributed by atoms with van der Waals surface area (Å²) in [6.45, 7) is 0. The van der Waals surface area contributed by atoms with E-state index in [1.54, 1.807) is 24.5 Å². The Hall–Kier alpha value is -4.39. The molecule has 0 unspecified atom stereocenters. The van der Waals surface area contributed by atoms with Crippen molar-refractivity contribution in [1.82, 2.24) is 20.8 Å². The first-order valence-electron chi connectivity index (χ1n) is 10.8. The summed E-state index contributed by atoms with van der Waals surface area (Å²) in [5.41, 5.74) is 8.95. The minimum atomic E-state index is -0.411. The molecule has 3 aromatic heterocycles. The van der Waals surface area contributed by atoms with Crippen molar-refractivity contribution in [2.45, 2.75) is 19.3 Å². The van der Waals surface area contributed by atoms with Crippen molar-refractivity contribution in [3.63, 3.8) is 0 Å². The Morgan fingerprint density at radius 2 is 1.76 bits per heavy atom. The van der Waals surface area contributed by atoms with Crippen molar-refractivity contribution in [2.24, 2.45) is 0 Å². The van der Waals surface area contributed by atoms with E-state index in [0.717, 1.165) is 11.9 Å². The first-order valence-corrected chi connectivity index (χ1v) is 10.8. The van der Waals surface area contributed by atoms with Gasteiger partial charge in [0.1, 0.15) is 5.69 Å². The molecule has 33 heavy (non-hydrogen) atoms. The molecular weight excluding hydrogens is 416 g/mol. The van der Waals surface area contributed by atoms with Gasteiger partial charge in [-0.25, -0.2) is 4.98 Å². The van der Waals surface area contributed by atoms with Gasteiger partial charge in [0.15, 0.2) is 5.76 Å². The number of nitrogens with zero attached hydrogens (tertiary/aromatic N) is 1. The molecule has 0 aliphatic heterocycles. The Morgan fingerprint density at radius 3 is 2.61 bits per heavy atom. The number of aryl methyl sites for hydroxylation is 1. The number of fused-ring (bicyclic) bond motifs is 2. The maximum atomic E-state index is 12.9. The van der Waals surface area contributed by atoms with Crippen molar-refractivity contribution in [3.8, 4) is 11.5 Å². The van der Waals surface area contributed by atoms with Gasteiger partial charge >= 0.3 is 0 Å². The number of aromatic amines is 1. The van der Waals surface area contributed by atoms with E-state index in [4.69, 9.17) is 4.42 Å². The minimum Gasteiger partial charge on any atom is -0.463 e. The smallest absolute Gasteiger partial charge is 0.270 e. The monoisotopic (exact) mass is 438 g/mol. The standard InChI is InChI=1S/C26H22N4O3/c31-25(13-5-7-17-16-27-21-10-3-1-8-18(17)21)29-30-26(32)20-15-23(24-12-6-14-33-24)28-22-11-4-2-9-19(20)22/h1-4,6,8-12,14-16,27H,5,7,13H2,(H,29,31)(H,30,32). The third kappa shape index (κ3) is 4.34. The maximum absolute atomic E-state index is 12.9. The second kappa shape index (κ2) is 9.00. The summed E-state index contributed by atoms with van der Waals surface area (Å²) in [7, 11) is 0. The van der Waals surface area contributed by atoms with E-state index in [2.05, 4.69) is 26.9 Å². The Labute approximate surface area is 189 Å². The van der Waals surface area contributed by atoms with E-state index in [-0.39, 0.29) is 5.91 Å². The molecular formula is C26H22N4O3. The van der Waals surface area contributed by atoms with E-state index in [1.807, 2.05) is 48.7 Å². The summed E-state index contributed by atoms with van der Waals surface area (Å²) < 4.78 is 5.44. The molecule has 5 rings (SSSR count). The fourth-order valence-corrected chi connectivity index (χ4v) is 3.95. The van der Waals surface area contributed by atoms with Crippen LogP contribution in [-0.4, -0.2) is 21.8 Å².